The van der Waals surface area contributed by atoms with Gasteiger partial charge in [-0.3, -0.25) is 4.90 Å². The van der Waals surface area contributed by atoms with Crippen LogP contribution in [0.25, 0.3) is 0 Å². The summed E-state index contributed by atoms with van der Waals surface area (Å²) >= 11 is 0. The Morgan fingerprint density at radius 2 is 1.33 bits per heavy atom. The van der Waals surface area contributed by atoms with Gasteiger partial charge in [-0.1, -0.05) is 26.7 Å². The Hall–Kier alpha value is -0.0400. The molecule has 3 aliphatic rings. The molecule has 1 aliphatic carbocycles. The lowest BCUT2D eigenvalue weighted by molar-refractivity contribution is 0.0295. The van der Waals surface area contributed by atoms with Crippen LogP contribution in [0.15, 0.2) is 0 Å². The van der Waals surface area contributed by atoms with Crippen molar-refractivity contribution in [2.45, 2.75) is 83.3 Å². The SMILES string of the molecule is CC1(C)CC2CCC(C1)N2C1CCCC1. The summed E-state index contributed by atoms with van der Waals surface area (Å²) in [4.78, 5) is 2.94. The van der Waals surface area contributed by atoms with Crippen molar-refractivity contribution < 1.29 is 0 Å². The molecule has 0 spiro atoms. The third kappa shape index (κ3) is 1.73. The Morgan fingerprint density at radius 1 is 0.800 bits per heavy atom. The van der Waals surface area contributed by atoms with Crippen molar-refractivity contribution in [2.75, 3.05) is 0 Å². The van der Waals surface area contributed by atoms with Gasteiger partial charge in [-0.25, -0.2) is 0 Å². The first-order valence-corrected chi connectivity index (χ1v) is 6.93. The second kappa shape index (κ2) is 3.48. The summed E-state index contributed by atoms with van der Waals surface area (Å²) in [6, 6.07) is 2.86. The minimum absolute atomic E-state index is 0.626. The molecule has 0 N–H and O–H groups in total. The number of rotatable bonds is 1. The molecule has 0 radical (unpaired) electrons. The second-order valence-corrected chi connectivity index (χ2v) is 6.84. The molecule has 2 heterocycles. The monoisotopic (exact) mass is 207 g/mol. The van der Waals surface area contributed by atoms with Crippen LogP contribution < -0.4 is 0 Å². The highest BCUT2D eigenvalue weighted by atomic mass is 15.2. The van der Waals surface area contributed by atoms with Gasteiger partial charge in [-0.05, 0) is 43.9 Å². The van der Waals surface area contributed by atoms with Crippen molar-refractivity contribution in [2.24, 2.45) is 5.41 Å². The first-order valence-electron chi connectivity index (χ1n) is 6.93. The smallest absolute Gasteiger partial charge is 0.0107 e. The molecular formula is C14H25N. The van der Waals surface area contributed by atoms with Gasteiger partial charge in [0.15, 0.2) is 0 Å². The lowest BCUT2D eigenvalue weighted by atomic mass is 9.78. The van der Waals surface area contributed by atoms with Crippen molar-refractivity contribution in [3.63, 3.8) is 0 Å². The Labute approximate surface area is 94.2 Å². The fourth-order valence-electron chi connectivity index (χ4n) is 4.55. The van der Waals surface area contributed by atoms with E-state index in [0.29, 0.717) is 5.41 Å². The van der Waals surface area contributed by atoms with Gasteiger partial charge in [-0.2, -0.15) is 0 Å². The van der Waals surface area contributed by atoms with E-state index < -0.39 is 0 Å². The largest absolute Gasteiger partial charge is 0.294 e. The van der Waals surface area contributed by atoms with E-state index in [1.165, 1.54) is 51.4 Å². The number of hydrogen-bond acceptors (Lipinski definition) is 1. The summed E-state index contributed by atoms with van der Waals surface area (Å²) in [5, 5.41) is 0. The predicted octanol–water partition coefficient (Wildman–Crippen LogP) is 3.58. The summed E-state index contributed by atoms with van der Waals surface area (Å²) in [6.45, 7) is 4.95. The number of hydrogen-bond donors (Lipinski definition) is 0. The van der Waals surface area contributed by atoms with Crippen molar-refractivity contribution in [1.82, 2.24) is 4.90 Å². The quantitative estimate of drug-likeness (QED) is 0.635. The zero-order valence-electron chi connectivity index (χ0n) is 10.3. The molecule has 86 valence electrons. The minimum atomic E-state index is 0.626. The molecule has 1 saturated carbocycles. The van der Waals surface area contributed by atoms with Gasteiger partial charge in [0.1, 0.15) is 0 Å². The maximum absolute atomic E-state index is 2.94. The van der Waals surface area contributed by atoms with Crippen LogP contribution in [-0.2, 0) is 0 Å². The van der Waals surface area contributed by atoms with Crippen molar-refractivity contribution in [3.8, 4) is 0 Å². The second-order valence-electron chi connectivity index (χ2n) is 6.84. The number of piperidine rings is 1. The van der Waals surface area contributed by atoms with E-state index in [4.69, 9.17) is 0 Å². The molecule has 2 atom stereocenters. The van der Waals surface area contributed by atoms with Crippen LogP contribution in [0.1, 0.15) is 65.2 Å². The molecular weight excluding hydrogens is 182 g/mol. The molecule has 15 heavy (non-hydrogen) atoms. The highest BCUT2D eigenvalue weighted by molar-refractivity contribution is 5.01. The first kappa shape index (κ1) is 10.1. The Morgan fingerprint density at radius 3 is 1.87 bits per heavy atom. The fourth-order valence-corrected chi connectivity index (χ4v) is 4.55. The van der Waals surface area contributed by atoms with Gasteiger partial charge < -0.3 is 0 Å². The third-order valence-electron chi connectivity index (χ3n) is 5.00. The maximum atomic E-state index is 2.94. The van der Waals surface area contributed by atoms with Crippen LogP contribution in [0.2, 0.25) is 0 Å². The van der Waals surface area contributed by atoms with Gasteiger partial charge in [-0.15, -0.1) is 0 Å². The molecule has 2 bridgehead atoms. The van der Waals surface area contributed by atoms with E-state index in [-0.39, 0.29) is 0 Å². The van der Waals surface area contributed by atoms with Crippen molar-refractivity contribution in [1.29, 1.82) is 0 Å². The van der Waals surface area contributed by atoms with Crippen LogP contribution >= 0.6 is 0 Å². The van der Waals surface area contributed by atoms with Crippen molar-refractivity contribution >= 4 is 0 Å². The van der Waals surface area contributed by atoms with Gasteiger partial charge in [0.25, 0.3) is 0 Å². The first-order chi connectivity index (χ1) is 7.16. The molecule has 0 aromatic carbocycles. The average Bonchev–Trinajstić information content (AvgIpc) is 2.71. The molecule has 0 aromatic rings. The van der Waals surface area contributed by atoms with Gasteiger partial charge in [0, 0.05) is 18.1 Å². The van der Waals surface area contributed by atoms with E-state index in [9.17, 15) is 0 Å². The normalized spacial score (nSPS) is 41.2. The molecule has 1 nitrogen and oxygen atoms in total. The molecule has 0 amide bonds. The maximum Gasteiger partial charge on any atom is 0.0107 e. The molecule has 3 fully saturated rings. The van der Waals surface area contributed by atoms with Crippen LogP contribution in [0.5, 0.6) is 0 Å². The molecule has 2 unspecified atom stereocenters. The summed E-state index contributed by atoms with van der Waals surface area (Å²) in [7, 11) is 0. The minimum Gasteiger partial charge on any atom is -0.294 e. The zero-order valence-corrected chi connectivity index (χ0v) is 10.3. The summed E-state index contributed by atoms with van der Waals surface area (Å²) in [5.74, 6) is 0. The Balaban J connectivity index is 1.76. The summed E-state index contributed by atoms with van der Waals surface area (Å²) < 4.78 is 0. The predicted molar refractivity (Wildman–Crippen MR) is 63.9 cm³/mol. The van der Waals surface area contributed by atoms with E-state index in [0.717, 1.165) is 18.1 Å². The fraction of sp³-hybridized carbons (Fsp3) is 1.00. The van der Waals surface area contributed by atoms with Gasteiger partial charge in [0.05, 0.1) is 0 Å². The zero-order chi connectivity index (χ0) is 10.5. The van der Waals surface area contributed by atoms with E-state index in [1.807, 2.05) is 0 Å². The van der Waals surface area contributed by atoms with E-state index in [1.54, 1.807) is 0 Å². The van der Waals surface area contributed by atoms with E-state index in [2.05, 4.69) is 18.7 Å². The Bertz CT molecular complexity index is 224. The topological polar surface area (TPSA) is 3.24 Å². The Kier molecular flexibility index (Phi) is 2.35. The molecule has 2 saturated heterocycles. The van der Waals surface area contributed by atoms with Crippen LogP contribution in [-0.4, -0.2) is 23.0 Å². The highest BCUT2D eigenvalue weighted by Gasteiger charge is 2.46. The van der Waals surface area contributed by atoms with Crippen LogP contribution in [0.4, 0.5) is 0 Å². The van der Waals surface area contributed by atoms with E-state index >= 15 is 0 Å². The molecule has 3 rings (SSSR count). The summed E-state index contributed by atoms with van der Waals surface area (Å²) in [6.07, 6.45) is 11.9. The highest BCUT2D eigenvalue weighted by Crippen LogP contribution is 2.47. The average molecular weight is 207 g/mol. The lowest BCUT2D eigenvalue weighted by Crippen LogP contribution is -2.50. The molecule has 2 aliphatic heterocycles. The van der Waals surface area contributed by atoms with Crippen LogP contribution in [0, 0.1) is 5.41 Å². The van der Waals surface area contributed by atoms with Gasteiger partial charge >= 0.3 is 0 Å². The lowest BCUT2D eigenvalue weighted by Gasteiger charge is -2.46. The van der Waals surface area contributed by atoms with Crippen molar-refractivity contribution in [3.05, 3.63) is 0 Å². The number of fused-ring (bicyclic) bond motifs is 2. The van der Waals surface area contributed by atoms with Gasteiger partial charge in [0.2, 0.25) is 0 Å². The van der Waals surface area contributed by atoms with Crippen LogP contribution in [0.3, 0.4) is 0 Å². The summed E-state index contributed by atoms with van der Waals surface area (Å²) in [5.41, 5.74) is 0.626. The third-order valence-corrected chi connectivity index (χ3v) is 5.00. The molecule has 1 heteroatoms. The number of nitrogens with zero attached hydrogens (tertiary/aromatic N) is 1. The molecule has 0 aromatic heterocycles. The standard InChI is InChI=1S/C14H25N/c1-14(2)9-12-7-8-13(10-14)15(12)11-5-3-4-6-11/h11-13H,3-10H2,1-2H3.